The minimum absolute atomic E-state index is 0.0643. The molecule has 1 heterocycles. The number of nitrogens with one attached hydrogen (secondary N) is 1. The topological polar surface area (TPSA) is 59.1 Å². The summed E-state index contributed by atoms with van der Waals surface area (Å²) >= 11 is 5.83. The quantitative estimate of drug-likeness (QED) is 0.802. The van der Waals surface area contributed by atoms with E-state index in [2.05, 4.69) is 10.3 Å². The SMILES string of the molecule is CNC1=C(Cl)C(=O)c2cc(C)ncc2C1=O. The zero-order valence-corrected chi connectivity index (χ0v) is 9.55. The van der Waals surface area contributed by atoms with Gasteiger partial charge in [-0.25, -0.2) is 0 Å². The molecule has 0 unspecified atom stereocenters. The Labute approximate surface area is 97.3 Å². The van der Waals surface area contributed by atoms with Gasteiger partial charge in [-0.15, -0.1) is 0 Å². The Morgan fingerprint density at radius 2 is 1.94 bits per heavy atom. The first kappa shape index (κ1) is 10.8. The van der Waals surface area contributed by atoms with Crippen molar-refractivity contribution >= 4 is 23.2 Å². The van der Waals surface area contributed by atoms with Gasteiger partial charge >= 0.3 is 0 Å². The molecule has 0 atom stereocenters. The van der Waals surface area contributed by atoms with Crippen LogP contribution in [-0.2, 0) is 0 Å². The third kappa shape index (κ3) is 1.42. The van der Waals surface area contributed by atoms with Gasteiger partial charge in [-0.1, -0.05) is 11.6 Å². The predicted molar refractivity (Wildman–Crippen MR) is 59.6 cm³/mol. The average molecular weight is 237 g/mol. The molecule has 1 aromatic rings. The van der Waals surface area contributed by atoms with Crippen LogP contribution in [0.2, 0.25) is 0 Å². The van der Waals surface area contributed by atoms with Crippen LogP contribution in [0.15, 0.2) is 23.0 Å². The van der Waals surface area contributed by atoms with E-state index in [4.69, 9.17) is 11.6 Å². The van der Waals surface area contributed by atoms with Gasteiger partial charge in [0.05, 0.1) is 5.56 Å². The maximum Gasteiger partial charge on any atom is 0.212 e. The number of carbonyl (C=O) groups is 2. The summed E-state index contributed by atoms with van der Waals surface area (Å²) < 4.78 is 0. The van der Waals surface area contributed by atoms with Crippen LogP contribution in [0, 0.1) is 6.92 Å². The molecule has 16 heavy (non-hydrogen) atoms. The van der Waals surface area contributed by atoms with Gasteiger partial charge in [0.15, 0.2) is 0 Å². The zero-order valence-electron chi connectivity index (χ0n) is 8.80. The molecule has 0 spiro atoms. The molecular formula is C11H9ClN2O2. The molecule has 0 bridgehead atoms. The fraction of sp³-hybridized carbons (Fsp3) is 0.182. The van der Waals surface area contributed by atoms with Crippen molar-refractivity contribution in [3.8, 4) is 0 Å². The van der Waals surface area contributed by atoms with Crippen LogP contribution in [0.4, 0.5) is 0 Å². The molecule has 0 saturated heterocycles. The summed E-state index contributed by atoms with van der Waals surface area (Å²) in [5.74, 6) is -0.638. The number of Topliss-reactive ketones (excluding diaryl/α,β-unsaturated/α-hetero) is 2. The van der Waals surface area contributed by atoms with E-state index in [1.165, 1.54) is 6.20 Å². The maximum atomic E-state index is 11.9. The van der Waals surface area contributed by atoms with Crippen molar-refractivity contribution in [3.05, 3.63) is 39.8 Å². The highest BCUT2D eigenvalue weighted by molar-refractivity contribution is 6.49. The van der Waals surface area contributed by atoms with Crippen LogP contribution in [0.5, 0.6) is 0 Å². The Kier molecular flexibility index (Phi) is 2.52. The Bertz CT molecular complexity index is 535. The smallest absolute Gasteiger partial charge is 0.212 e. The lowest BCUT2D eigenvalue weighted by Gasteiger charge is -2.17. The molecule has 0 saturated carbocycles. The van der Waals surface area contributed by atoms with Gasteiger partial charge in [0.25, 0.3) is 0 Å². The lowest BCUT2D eigenvalue weighted by molar-refractivity contribution is 0.0975. The first-order valence-electron chi connectivity index (χ1n) is 4.70. The van der Waals surface area contributed by atoms with Crippen molar-refractivity contribution < 1.29 is 9.59 Å². The van der Waals surface area contributed by atoms with Crippen LogP contribution in [0.3, 0.4) is 0 Å². The van der Waals surface area contributed by atoms with Gasteiger partial charge in [0, 0.05) is 24.5 Å². The van der Waals surface area contributed by atoms with Crippen molar-refractivity contribution in [2.24, 2.45) is 0 Å². The maximum absolute atomic E-state index is 11.9. The lowest BCUT2D eigenvalue weighted by Crippen LogP contribution is -2.27. The van der Waals surface area contributed by atoms with E-state index in [-0.39, 0.29) is 22.3 Å². The largest absolute Gasteiger partial charge is 0.384 e. The second-order valence-corrected chi connectivity index (χ2v) is 3.85. The average Bonchev–Trinajstić information content (AvgIpc) is 2.27. The highest BCUT2D eigenvalue weighted by atomic mass is 35.5. The fourth-order valence-electron chi connectivity index (χ4n) is 1.62. The van der Waals surface area contributed by atoms with Crippen molar-refractivity contribution in [2.45, 2.75) is 6.92 Å². The van der Waals surface area contributed by atoms with Crippen molar-refractivity contribution in [1.82, 2.24) is 10.3 Å². The molecule has 1 aromatic heterocycles. The molecule has 5 heteroatoms. The second kappa shape index (κ2) is 3.72. The van der Waals surface area contributed by atoms with Crippen molar-refractivity contribution in [2.75, 3.05) is 7.05 Å². The van der Waals surface area contributed by atoms with Crippen molar-refractivity contribution in [3.63, 3.8) is 0 Å². The van der Waals surface area contributed by atoms with Crippen LogP contribution in [0.25, 0.3) is 0 Å². The molecule has 0 aliphatic heterocycles. The van der Waals surface area contributed by atoms with E-state index in [0.717, 1.165) is 0 Å². The Morgan fingerprint density at radius 1 is 1.25 bits per heavy atom. The third-order valence-electron chi connectivity index (χ3n) is 2.43. The highest BCUT2D eigenvalue weighted by Gasteiger charge is 2.31. The number of allylic oxidation sites excluding steroid dienone is 2. The monoisotopic (exact) mass is 236 g/mol. The number of halogens is 1. The highest BCUT2D eigenvalue weighted by Crippen LogP contribution is 2.26. The molecular weight excluding hydrogens is 228 g/mol. The number of nitrogens with zero attached hydrogens (tertiary/aromatic N) is 1. The van der Waals surface area contributed by atoms with E-state index < -0.39 is 0 Å². The van der Waals surface area contributed by atoms with Gasteiger partial charge in [-0.2, -0.15) is 0 Å². The number of likely N-dealkylation sites (N-methyl/N-ethyl adjacent to an activating group) is 1. The number of ketones is 2. The molecule has 4 nitrogen and oxygen atoms in total. The normalized spacial score (nSPS) is 15.2. The number of hydrogen-bond acceptors (Lipinski definition) is 4. The predicted octanol–water partition coefficient (Wildman–Crippen LogP) is 1.44. The molecule has 0 aromatic carbocycles. The summed E-state index contributed by atoms with van der Waals surface area (Å²) in [6.45, 7) is 1.75. The summed E-state index contributed by atoms with van der Waals surface area (Å²) in [5, 5.41) is 2.57. The molecule has 1 aliphatic rings. The molecule has 0 amide bonds. The summed E-state index contributed by atoms with van der Waals surface area (Å²) in [5.41, 5.74) is 1.42. The number of aromatic nitrogens is 1. The standard InChI is InChI=1S/C11H9ClN2O2/c1-5-3-6-7(4-14-5)11(16)9(13-2)8(12)10(6)15/h3-4,13H,1-2H3. The summed E-state index contributed by atoms with van der Waals surface area (Å²) in [6.07, 6.45) is 1.41. The van der Waals surface area contributed by atoms with Crippen molar-refractivity contribution in [1.29, 1.82) is 0 Å². The van der Waals surface area contributed by atoms with Crippen LogP contribution >= 0.6 is 11.6 Å². The van der Waals surface area contributed by atoms with E-state index in [9.17, 15) is 9.59 Å². The van der Waals surface area contributed by atoms with E-state index in [1.54, 1.807) is 20.0 Å². The number of hydrogen-bond donors (Lipinski definition) is 1. The van der Waals surface area contributed by atoms with Crippen LogP contribution in [0.1, 0.15) is 26.4 Å². The van der Waals surface area contributed by atoms with Gasteiger partial charge in [0.1, 0.15) is 10.7 Å². The van der Waals surface area contributed by atoms with Gasteiger partial charge < -0.3 is 5.32 Å². The number of carbonyl (C=O) groups excluding carboxylic acids is 2. The molecule has 82 valence electrons. The molecule has 0 radical (unpaired) electrons. The zero-order chi connectivity index (χ0) is 11.9. The molecule has 1 N–H and O–H groups in total. The van der Waals surface area contributed by atoms with Crippen LogP contribution in [-0.4, -0.2) is 23.6 Å². The molecule has 0 fully saturated rings. The second-order valence-electron chi connectivity index (χ2n) is 3.47. The van der Waals surface area contributed by atoms with Gasteiger partial charge in [-0.3, -0.25) is 14.6 Å². The lowest BCUT2D eigenvalue weighted by atomic mass is 9.93. The summed E-state index contributed by atoms with van der Waals surface area (Å²) in [7, 11) is 1.55. The summed E-state index contributed by atoms with van der Waals surface area (Å²) in [6, 6.07) is 1.57. The molecule has 1 aliphatic carbocycles. The minimum atomic E-state index is -0.342. The first-order valence-corrected chi connectivity index (χ1v) is 5.07. The number of aryl methyl sites for hydroxylation is 1. The Morgan fingerprint density at radius 3 is 2.56 bits per heavy atom. The van der Waals surface area contributed by atoms with E-state index >= 15 is 0 Å². The number of fused-ring (bicyclic) bond motifs is 1. The summed E-state index contributed by atoms with van der Waals surface area (Å²) in [4.78, 5) is 27.8. The van der Waals surface area contributed by atoms with Crippen LogP contribution < -0.4 is 5.32 Å². The molecule has 2 rings (SSSR count). The first-order chi connectivity index (χ1) is 7.56. The Balaban J connectivity index is 2.69. The Hall–Kier alpha value is -1.68. The minimum Gasteiger partial charge on any atom is -0.384 e. The fourth-order valence-corrected chi connectivity index (χ4v) is 1.90. The van der Waals surface area contributed by atoms with E-state index in [1.807, 2.05) is 0 Å². The van der Waals surface area contributed by atoms with Gasteiger partial charge in [0.2, 0.25) is 11.6 Å². The third-order valence-corrected chi connectivity index (χ3v) is 2.79. The number of pyridine rings is 1. The van der Waals surface area contributed by atoms with Gasteiger partial charge in [-0.05, 0) is 13.0 Å². The number of rotatable bonds is 1. The van der Waals surface area contributed by atoms with E-state index in [0.29, 0.717) is 16.8 Å².